The summed E-state index contributed by atoms with van der Waals surface area (Å²) in [6, 6.07) is 24.6. The second-order valence-corrected chi connectivity index (χ2v) is 14.4. The molecule has 3 aromatic rings. The lowest BCUT2D eigenvalue weighted by molar-refractivity contribution is -0.384. The molecule has 1 atom stereocenters. The van der Waals surface area contributed by atoms with Gasteiger partial charge in [0.25, 0.3) is 5.69 Å². The third-order valence-corrected chi connectivity index (χ3v) is 9.21. The summed E-state index contributed by atoms with van der Waals surface area (Å²) in [4.78, 5) is 57.9. The van der Waals surface area contributed by atoms with Crippen LogP contribution in [0.2, 0.25) is 0 Å². The monoisotopic (exact) mass is 710 g/mol. The van der Waals surface area contributed by atoms with E-state index in [2.05, 4.69) is 6.07 Å². The number of carbonyl (C=O) groups excluding carboxylic acids is 3. The molecule has 0 bridgehead atoms. The standard InChI is InChI=1S/C39H46N6O7/c1-39(2,3)52-38(48)41-19-17-30(18-20-41)24-43-26-33(27-44(36(43)46)35-11-7-10-32(22-35)23-40)25-42(21-16-29-8-5-4-6-9-29)37(47)51-28-31-12-14-34(15-13-31)45(49)50/h4-15,22,30,33H,16-21,24-28H2,1-3H3. The van der Waals surface area contributed by atoms with Gasteiger partial charge in [0.05, 0.1) is 16.6 Å². The van der Waals surface area contributed by atoms with E-state index in [0.717, 1.165) is 18.4 Å². The highest BCUT2D eigenvalue weighted by Gasteiger charge is 2.37. The average Bonchev–Trinajstić information content (AvgIpc) is 3.13. The quantitative estimate of drug-likeness (QED) is 0.155. The number of ether oxygens (including phenoxy) is 2. The van der Waals surface area contributed by atoms with E-state index in [-0.39, 0.29) is 36.3 Å². The molecule has 0 radical (unpaired) electrons. The van der Waals surface area contributed by atoms with E-state index < -0.39 is 16.6 Å². The number of urea groups is 1. The Balaban J connectivity index is 1.32. The van der Waals surface area contributed by atoms with Gasteiger partial charge in [-0.15, -0.1) is 0 Å². The highest BCUT2D eigenvalue weighted by molar-refractivity contribution is 5.93. The van der Waals surface area contributed by atoms with Gasteiger partial charge >= 0.3 is 18.2 Å². The molecule has 274 valence electrons. The molecule has 0 N–H and O–H groups in total. The lowest BCUT2D eigenvalue weighted by Gasteiger charge is -2.43. The minimum absolute atomic E-state index is 0.0468. The summed E-state index contributed by atoms with van der Waals surface area (Å²) in [6.45, 7) is 8.46. The smallest absolute Gasteiger partial charge is 0.410 e. The number of piperidine rings is 1. The Hall–Kier alpha value is -5.64. The number of non-ortho nitro benzene ring substituents is 1. The fourth-order valence-electron chi connectivity index (χ4n) is 6.55. The van der Waals surface area contributed by atoms with Crippen molar-refractivity contribution in [1.29, 1.82) is 5.26 Å². The summed E-state index contributed by atoms with van der Waals surface area (Å²) in [5, 5.41) is 20.7. The van der Waals surface area contributed by atoms with Gasteiger partial charge in [0, 0.05) is 69.6 Å². The second kappa shape index (κ2) is 17.0. The van der Waals surface area contributed by atoms with Crippen LogP contribution in [0.25, 0.3) is 0 Å². The van der Waals surface area contributed by atoms with Crippen LogP contribution in [0.1, 0.15) is 50.3 Å². The summed E-state index contributed by atoms with van der Waals surface area (Å²) < 4.78 is 11.3. The number of nitro groups is 1. The van der Waals surface area contributed by atoms with Crippen molar-refractivity contribution in [2.45, 2.75) is 52.2 Å². The van der Waals surface area contributed by atoms with E-state index in [9.17, 15) is 29.8 Å². The van der Waals surface area contributed by atoms with Crippen LogP contribution in [0.5, 0.6) is 0 Å². The van der Waals surface area contributed by atoms with Gasteiger partial charge in [-0.25, -0.2) is 14.4 Å². The van der Waals surface area contributed by atoms with Crippen LogP contribution < -0.4 is 4.90 Å². The molecule has 2 aliphatic heterocycles. The average molecular weight is 711 g/mol. The Bertz CT molecular complexity index is 1750. The van der Waals surface area contributed by atoms with E-state index in [1.807, 2.05) is 62.1 Å². The Morgan fingerprint density at radius 1 is 0.962 bits per heavy atom. The molecule has 13 heteroatoms. The first kappa shape index (κ1) is 37.6. The molecule has 5 rings (SSSR count). The second-order valence-electron chi connectivity index (χ2n) is 14.4. The number of nitro benzene ring substituents is 1. The topological polar surface area (TPSA) is 150 Å². The molecule has 4 amide bonds. The largest absolute Gasteiger partial charge is 0.445 e. The van der Waals surface area contributed by atoms with Crippen molar-refractivity contribution in [3.8, 4) is 6.07 Å². The predicted octanol–water partition coefficient (Wildman–Crippen LogP) is 6.85. The third-order valence-electron chi connectivity index (χ3n) is 9.21. The van der Waals surface area contributed by atoms with Gasteiger partial charge < -0.3 is 24.2 Å². The highest BCUT2D eigenvalue weighted by Crippen LogP contribution is 2.28. The van der Waals surface area contributed by atoms with Crippen LogP contribution in [-0.2, 0) is 22.5 Å². The number of benzene rings is 3. The number of nitriles is 1. The van der Waals surface area contributed by atoms with Crippen molar-refractivity contribution in [3.63, 3.8) is 0 Å². The number of nitrogens with zero attached hydrogens (tertiary/aromatic N) is 6. The normalized spacial score (nSPS) is 16.6. The maximum absolute atomic E-state index is 14.1. The van der Waals surface area contributed by atoms with Crippen molar-refractivity contribution in [3.05, 3.63) is 106 Å². The zero-order chi connectivity index (χ0) is 37.3. The minimum Gasteiger partial charge on any atom is -0.445 e. The number of anilines is 1. The molecule has 1 unspecified atom stereocenters. The van der Waals surface area contributed by atoms with Gasteiger partial charge in [0.2, 0.25) is 0 Å². The summed E-state index contributed by atoms with van der Waals surface area (Å²) in [5.74, 6) is 0.00233. The maximum Gasteiger partial charge on any atom is 0.410 e. The summed E-state index contributed by atoms with van der Waals surface area (Å²) in [7, 11) is 0. The van der Waals surface area contributed by atoms with E-state index in [4.69, 9.17) is 9.47 Å². The molecule has 52 heavy (non-hydrogen) atoms. The van der Waals surface area contributed by atoms with Crippen LogP contribution in [0.3, 0.4) is 0 Å². The van der Waals surface area contributed by atoms with Crippen molar-refractivity contribution in [2.75, 3.05) is 50.7 Å². The van der Waals surface area contributed by atoms with Crippen LogP contribution in [-0.4, -0.2) is 89.3 Å². The van der Waals surface area contributed by atoms with Gasteiger partial charge in [-0.1, -0.05) is 36.4 Å². The van der Waals surface area contributed by atoms with E-state index >= 15 is 0 Å². The van der Waals surface area contributed by atoms with Crippen molar-refractivity contribution in [1.82, 2.24) is 14.7 Å². The Morgan fingerprint density at radius 2 is 1.67 bits per heavy atom. The highest BCUT2D eigenvalue weighted by atomic mass is 16.6. The summed E-state index contributed by atoms with van der Waals surface area (Å²) >= 11 is 0. The Kier molecular flexibility index (Phi) is 12.3. The van der Waals surface area contributed by atoms with Gasteiger partial charge in [0.1, 0.15) is 12.2 Å². The number of carbonyl (C=O) groups is 3. The third kappa shape index (κ3) is 10.4. The first-order valence-corrected chi connectivity index (χ1v) is 17.6. The van der Waals surface area contributed by atoms with Gasteiger partial charge in [0.15, 0.2) is 0 Å². The molecule has 2 aliphatic rings. The molecule has 13 nitrogen and oxygen atoms in total. The number of likely N-dealkylation sites (tertiary alicyclic amines) is 1. The molecule has 3 aromatic carbocycles. The summed E-state index contributed by atoms with van der Waals surface area (Å²) in [5.41, 5.74) is 2.10. The fourth-order valence-corrected chi connectivity index (χ4v) is 6.55. The van der Waals surface area contributed by atoms with E-state index in [0.29, 0.717) is 69.0 Å². The fraction of sp³-hybridized carbons (Fsp3) is 0.436. The zero-order valence-electron chi connectivity index (χ0n) is 30.0. The van der Waals surface area contributed by atoms with Gasteiger partial charge in [-0.3, -0.25) is 15.0 Å². The number of amides is 4. The zero-order valence-corrected chi connectivity index (χ0v) is 30.0. The van der Waals surface area contributed by atoms with Crippen LogP contribution in [0.15, 0.2) is 78.9 Å². The first-order valence-electron chi connectivity index (χ1n) is 17.6. The predicted molar refractivity (Wildman–Crippen MR) is 194 cm³/mol. The molecule has 2 fully saturated rings. The summed E-state index contributed by atoms with van der Waals surface area (Å²) in [6.07, 6.45) is 1.17. The van der Waals surface area contributed by atoms with Crippen molar-refractivity contribution >= 4 is 29.6 Å². The number of hydrogen-bond donors (Lipinski definition) is 0. The van der Waals surface area contributed by atoms with E-state index in [1.165, 1.54) is 12.1 Å². The molecule has 0 spiro atoms. The molecule has 2 heterocycles. The lowest BCUT2D eigenvalue weighted by atomic mass is 9.95. The van der Waals surface area contributed by atoms with Gasteiger partial charge in [-0.2, -0.15) is 5.26 Å². The number of rotatable bonds is 11. The van der Waals surface area contributed by atoms with Gasteiger partial charge in [-0.05, 0) is 87.4 Å². The SMILES string of the molecule is CC(C)(C)OC(=O)N1CCC(CN2CC(CN(CCc3ccccc3)C(=O)OCc3ccc([N+](=O)[O-])cc3)CN(c3cccc(C#N)c3)C2=O)CC1. The van der Waals surface area contributed by atoms with Crippen molar-refractivity contribution < 1.29 is 28.8 Å². The molecule has 0 saturated carbocycles. The lowest BCUT2D eigenvalue weighted by Crippen LogP contribution is -2.57. The van der Waals surface area contributed by atoms with Crippen molar-refractivity contribution in [2.24, 2.45) is 11.8 Å². The first-order chi connectivity index (χ1) is 24.9. The van der Waals surface area contributed by atoms with E-state index in [1.54, 1.807) is 45.0 Å². The maximum atomic E-state index is 14.1. The molecule has 0 aromatic heterocycles. The number of hydrogen-bond acceptors (Lipinski definition) is 8. The molecular formula is C39H46N6O7. The van der Waals surface area contributed by atoms with Crippen LogP contribution in [0.4, 0.5) is 25.8 Å². The Labute approximate surface area is 304 Å². The minimum atomic E-state index is -0.582. The molecular weight excluding hydrogens is 664 g/mol. The van der Waals surface area contributed by atoms with Crippen LogP contribution >= 0.6 is 0 Å². The Morgan fingerprint density at radius 3 is 2.33 bits per heavy atom. The van der Waals surface area contributed by atoms with Crippen LogP contribution in [0, 0.1) is 33.3 Å². The molecule has 2 saturated heterocycles. The molecule has 0 aliphatic carbocycles.